The fourth-order valence-electron chi connectivity index (χ4n) is 1.70. The van der Waals surface area contributed by atoms with Crippen LogP contribution < -0.4 is 10.6 Å². The van der Waals surface area contributed by atoms with E-state index in [0.717, 1.165) is 11.8 Å². The van der Waals surface area contributed by atoms with Crippen LogP contribution in [0.2, 0.25) is 0 Å². The van der Waals surface area contributed by atoms with Crippen LogP contribution in [0.5, 0.6) is 0 Å². The molecule has 0 aliphatic carbocycles. The first kappa shape index (κ1) is 14.2. The Kier molecular flexibility index (Phi) is 4.26. The van der Waals surface area contributed by atoms with Crippen molar-refractivity contribution < 1.29 is 4.92 Å². The summed E-state index contributed by atoms with van der Waals surface area (Å²) in [5.74, 6) is 0.413. The number of nitriles is 1. The molecular formula is C13H12N6O2. The maximum atomic E-state index is 11.0. The van der Waals surface area contributed by atoms with Gasteiger partial charge in [-0.2, -0.15) is 10.2 Å². The van der Waals surface area contributed by atoms with Gasteiger partial charge in [-0.3, -0.25) is 10.1 Å². The van der Waals surface area contributed by atoms with E-state index in [1.807, 2.05) is 12.1 Å². The third kappa shape index (κ3) is 3.42. The molecule has 0 fully saturated rings. The van der Waals surface area contributed by atoms with Gasteiger partial charge in [-0.05, 0) is 17.7 Å². The molecule has 0 aliphatic rings. The van der Waals surface area contributed by atoms with Gasteiger partial charge in [0.2, 0.25) is 11.8 Å². The van der Waals surface area contributed by atoms with Gasteiger partial charge in [0, 0.05) is 13.6 Å². The molecule has 2 rings (SSSR count). The second-order valence-electron chi connectivity index (χ2n) is 4.10. The normalized spacial score (nSPS) is 9.71. The lowest BCUT2D eigenvalue weighted by Crippen LogP contribution is -2.07. The number of anilines is 2. The summed E-state index contributed by atoms with van der Waals surface area (Å²) in [6.45, 7) is 0.316. The van der Waals surface area contributed by atoms with Gasteiger partial charge in [-0.15, -0.1) is 0 Å². The predicted molar refractivity (Wildman–Crippen MR) is 76.7 cm³/mol. The highest BCUT2D eigenvalue weighted by Gasteiger charge is 2.16. The highest BCUT2D eigenvalue weighted by Crippen LogP contribution is 2.22. The van der Waals surface area contributed by atoms with Gasteiger partial charge >= 0.3 is 5.69 Å². The summed E-state index contributed by atoms with van der Waals surface area (Å²) in [7, 11) is 1.63. The van der Waals surface area contributed by atoms with Crippen molar-refractivity contribution in [2.45, 2.75) is 6.54 Å². The molecule has 1 heterocycles. The number of rotatable bonds is 5. The molecule has 0 atom stereocenters. The third-order valence-electron chi connectivity index (χ3n) is 2.71. The smallest absolute Gasteiger partial charge is 0.329 e. The molecule has 2 N–H and O–H groups in total. The molecule has 8 heteroatoms. The van der Waals surface area contributed by atoms with E-state index >= 15 is 0 Å². The summed E-state index contributed by atoms with van der Waals surface area (Å²) >= 11 is 0. The standard InChI is InChI=1S/C13H12N6O2/c1-15-13-17-8-11(19(20)21)12(18-13)16-7-10-4-2-3-9(5-10)6-14/h2-5,8H,7H2,1H3,(H2,15,16,17,18). The zero-order valence-electron chi connectivity index (χ0n) is 11.2. The molecule has 2 aromatic rings. The quantitative estimate of drug-likeness (QED) is 0.636. The lowest BCUT2D eigenvalue weighted by Gasteiger charge is -2.07. The van der Waals surface area contributed by atoms with Crippen LogP contribution in [0.1, 0.15) is 11.1 Å². The molecule has 0 amide bonds. The number of nitro groups is 1. The Morgan fingerprint density at radius 1 is 1.48 bits per heavy atom. The molecule has 1 aromatic carbocycles. The molecule has 1 aromatic heterocycles. The Hall–Kier alpha value is -3.21. The second kappa shape index (κ2) is 6.29. The highest BCUT2D eigenvalue weighted by atomic mass is 16.6. The molecular weight excluding hydrogens is 272 g/mol. The van der Waals surface area contributed by atoms with Gasteiger partial charge in [0.05, 0.1) is 16.6 Å². The van der Waals surface area contributed by atoms with Crippen LogP contribution in [0.15, 0.2) is 30.5 Å². The first-order chi connectivity index (χ1) is 10.1. The predicted octanol–water partition coefficient (Wildman–Crippen LogP) is 1.91. The van der Waals surface area contributed by atoms with Crippen LogP contribution >= 0.6 is 0 Å². The molecule has 0 spiro atoms. The van der Waals surface area contributed by atoms with Crippen molar-refractivity contribution in [2.24, 2.45) is 0 Å². The average molecular weight is 284 g/mol. The van der Waals surface area contributed by atoms with E-state index in [0.29, 0.717) is 12.1 Å². The van der Waals surface area contributed by atoms with E-state index in [-0.39, 0.29) is 17.5 Å². The fraction of sp³-hybridized carbons (Fsp3) is 0.154. The largest absolute Gasteiger partial charge is 0.360 e. The van der Waals surface area contributed by atoms with Crippen LogP contribution in [0, 0.1) is 21.4 Å². The lowest BCUT2D eigenvalue weighted by molar-refractivity contribution is -0.384. The van der Waals surface area contributed by atoms with E-state index in [1.54, 1.807) is 25.2 Å². The van der Waals surface area contributed by atoms with Gasteiger partial charge < -0.3 is 10.6 Å². The van der Waals surface area contributed by atoms with E-state index in [2.05, 4.69) is 20.6 Å². The van der Waals surface area contributed by atoms with Crippen LogP contribution in [-0.4, -0.2) is 21.9 Å². The third-order valence-corrected chi connectivity index (χ3v) is 2.71. The van der Waals surface area contributed by atoms with Gasteiger partial charge in [0.15, 0.2) is 0 Å². The average Bonchev–Trinajstić information content (AvgIpc) is 2.52. The Morgan fingerprint density at radius 2 is 2.29 bits per heavy atom. The SMILES string of the molecule is CNc1ncc([N+](=O)[O-])c(NCc2cccc(C#N)c2)n1. The van der Waals surface area contributed by atoms with E-state index < -0.39 is 4.92 Å². The van der Waals surface area contributed by atoms with Crippen molar-refractivity contribution in [3.05, 3.63) is 51.7 Å². The number of aromatic nitrogens is 2. The summed E-state index contributed by atoms with van der Waals surface area (Å²) in [5.41, 5.74) is 1.15. The summed E-state index contributed by atoms with van der Waals surface area (Å²) in [5, 5.41) is 25.4. The maximum absolute atomic E-state index is 11.0. The summed E-state index contributed by atoms with van der Waals surface area (Å²) in [6.07, 6.45) is 1.15. The van der Waals surface area contributed by atoms with Crippen molar-refractivity contribution in [3.63, 3.8) is 0 Å². The zero-order valence-corrected chi connectivity index (χ0v) is 11.2. The number of hydrogen-bond acceptors (Lipinski definition) is 7. The zero-order chi connectivity index (χ0) is 15.2. The minimum atomic E-state index is -0.548. The fourth-order valence-corrected chi connectivity index (χ4v) is 1.70. The van der Waals surface area contributed by atoms with Gasteiger partial charge in [-0.1, -0.05) is 12.1 Å². The number of benzene rings is 1. The van der Waals surface area contributed by atoms with Gasteiger partial charge in [0.25, 0.3) is 0 Å². The Balaban J connectivity index is 2.22. The van der Waals surface area contributed by atoms with Gasteiger partial charge in [0.1, 0.15) is 6.20 Å². The Bertz CT molecular complexity index is 710. The minimum absolute atomic E-state index is 0.127. The first-order valence-electron chi connectivity index (χ1n) is 6.06. The van der Waals surface area contributed by atoms with Crippen LogP contribution in [0.3, 0.4) is 0 Å². The van der Waals surface area contributed by atoms with Crippen molar-refractivity contribution in [3.8, 4) is 6.07 Å². The second-order valence-corrected chi connectivity index (χ2v) is 4.10. The summed E-state index contributed by atoms with van der Waals surface area (Å²) in [4.78, 5) is 18.3. The Labute approximate surface area is 120 Å². The van der Waals surface area contributed by atoms with E-state index in [1.165, 1.54) is 0 Å². The Morgan fingerprint density at radius 3 is 2.95 bits per heavy atom. The maximum Gasteiger partial charge on any atom is 0.329 e. The van der Waals surface area contributed by atoms with Crippen molar-refractivity contribution >= 4 is 17.5 Å². The number of nitrogens with zero attached hydrogens (tertiary/aromatic N) is 4. The van der Waals surface area contributed by atoms with Crippen molar-refractivity contribution in [1.29, 1.82) is 5.26 Å². The molecule has 21 heavy (non-hydrogen) atoms. The van der Waals surface area contributed by atoms with Crippen LogP contribution in [0.25, 0.3) is 0 Å². The molecule has 106 valence electrons. The lowest BCUT2D eigenvalue weighted by atomic mass is 10.1. The first-order valence-corrected chi connectivity index (χ1v) is 6.06. The number of hydrogen-bond donors (Lipinski definition) is 2. The summed E-state index contributed by atoms with van der Waals surface area (Å²) < 4.78 is 0. The monoisotopic (exact) mass is 284 g/mol. The van der Waals surface area contributed by atoms with Crippen LogP contribution in [-0.2, 0) is 6.54 Å². The minimum Gasteiger partial charge on any atom is -0.360 e. The molecule has 0 unspecified atom stereocenters. The van der Waals surface area contributed by atoms with E-state index in [4.69, 9.17) is 5.26 Å². The molecule has 0 bridgehead atoms. The highest BCUT2D eigenvalue weighted by molar-refractivity contribution is 5.57. The molecule has 0 saturated carbocycles. The molecule has 8 nitrogen and oxygen atoms in total. The van der Waals surface area contributed by atoms with Crippen molar-refractivity contribution in [2.75, 3.05) is 17.7 Å². The molecule has 0 saturated heterocycles. The van der Waals surface area contributed by atoms with Crippen LogP contribution in [0.4, 0.5) is 17.5 Å². The van der Waals surface area contributed by atoms with Gasteiger partial charge in [-0.25, -0.2) is 4.98 Å². The molecule has 0 radical (unpaired) electrons. The number of nitrogens with one attached hydrogen (secondary N) is 2. The summed E-state index contributed by atoms with van der Waals surface area (Å²) in [6, 6.07) is 9.01. The van der Waals surface area contributed by atoms with E-state index in [9.17, 15) is 10.1 Å². The van der Waals surface area contributed by atoms with Crippen molar-refractivity contribution in [1.82, 2.24) is 9.97 Å². The topological polar surface area (TPSA) is 117 Å². The molecule has 0 aliphatic heterocycles.